The van der Waals surface area contributed by atoms with E-state index >= 15 is 0 Å². The second-order valence-electron chi connectivity index (χ2n) is 5.82. The molecule has 2 atom stereocenters. The maximum absolute atomic E-state index is 12.6. The number of rotatable bonds is 6. The van der Waals surface area contributed by atoms with Crippen LogP contribution >= 0.6 is 0 Å². The fourth-order valence-electron chi connectivity index (χ4n) is 3.09. The Hall–Kier alpha value is -0.450. The van der Waals surface area contributed by atoms with Gasteiger partial charge in [-0.25, -0.2) is 0 Å². The quantitative estimate of drug-likeness (QED) is 0.739. The lowest BCUT2D eigenvalue weighted by Gasteiger charge is -2.41. The lowest BCUT2D eigenvalue weighted by molar-refractivity contribution is -0.134. The largest absolute Gasteiger partial charge is 0.379 e. The van der Waals surface area contributed by atoms with Gasteiger partial charge in [0.05, 0.1) is 24.9 Å². The molecule has 2 unspecified atom stereocenters. The zero-order valence-corrected chi connectivity index (χ0v) is 12.3. The van der Waals surface area contributed by atoms with E-state index in [1.54, 1.807) is 0 Å². The molecule has 0 spiro atoms. The number of ketones is 1. The monoisotopic (exact) mass is 269 g/mol. The summed E-state index contributed by atoms with van der Waals surface area (Å²) >= 11 is 0. The van der Waals surface area contributed by atoms with Crippen LogP contribution in [0.4, 0.5) is 0 Å². The molecule has 0 saturated carbocycles. The molecule has 2 heterocycles. The zero-order valence-electron chi connectivity index (χ0n) is 12.3. The van der Waals surface area contributed by atoms with Crippen LogP contribution in [0.5, 0.6) is 0 Å². The highest BCUT2D eigenvalue weighted by molar-refractivity contribution is 5.88. The van der Waals surface area contributed by atoms with Crippen molar-refractivity contribution < 1.29 is 14.3 Å². The first-order chi connectivity index (χ1) is 9.16. The number of carbonyl (C=O) groups is 1. The van der Waals surface area contributed by atoms with Crippen molar-refractivity contribution in [3.05, 3.63) is 0 Å². The molecular formula is C15H27NO3. The van der Waals surface area contributed by atoms with Crippen LogP contribution in [0.25, 0.3) is 0 Å². The first kappa shape index (κ1) is 14.9. The molecule has 0 aromatic carbocycles. The van der Waals surface area contributed by atoms with Gasteiger partial charge in [0.2, 0.25) is 0 Å². The van der Waals surface area contributed by atoms with Crippen LogP contribution in [0.15, 0.2) is 0 Å². The third-order valence-electron chi connectivity index (χ3n) is 4.72. The third-order valence-corrected chi connectivity index (χ3v) is 4.72. The summed E-state index contributed by atoms with van der Waals surface area (Å²) in [5.74, 6) is 0.368. The molecule has 0 aromatic heterocycles. The zero-order chi connectivity index (χ0) is 13.7. The summed E-state index contributed by atoms with van der Waals surface area (Å²) < 4.78 is 11.0. The Morgan fingerprint density at radius 3 is 2.63 bits per heavy atom. The molecule has 2 aliphatic rings. The average Bonchev–Trinajstić information content (AvgIpc) is 2.98. The Labute approximate surface area is 116 Å². The molecule has 0 radical (unpaired) electrons. The van der Waals surface area contributed by atoms with E-state index in [-0.39, 0.29) is 5.54 Å². The first-order valence-electron chi connectivity index (χ1n) is 7.64. The van der Waals surface area contributed by atoms with Crippen molar-refractivity contribution in [1.82, 2.24) is 4.90 Å². The van der Waals surface area contributed by atoms with Gasteiger partial charge in [0.25, 0.3) is 0 Å². The molecule has 19 heavy (non-hydrogen) atoms. The molecule has 4 nitrogen and oxygen atoms in total. The van der Waals surface area contributed by atoms with Crippen LogP contribution in [-0.4, -0.2) is 55.2 Å². The van der Waals surface area contributed by atoms with Crippen LogP contribution in [0.3, 0.4) is 0 Å². The third kappa shape index (κ3) is 3.56. The van der Waals surface area contributed by atoms with Crippen LogP contribution in [0.2, 0.25) is 0 Å². The van der Waals surface area contributed by atoms with Gasteiger partial charge >= 0.3 is 0 Å². The number of ether oxygens (including phenoxy) is 2. The summed E-state index contributed by atoms with van der Waals surface area (Å²) in [5.41, 5.74) is -0.317. The smallest absolute Gasteiger partial charge is 0.152 e. The molecule has 2 aliphatic heterocycles. The Morgan fingerprint density at radius 2 is 2.05 bits per heavy atom. The SMILES string of the molecule is CCC(C)(C(=O)CCC1CCCO1)N1CCOCC1. The molecule has 0 bridgehead atoms. The van der Waals surface area contributed by atoms with Crippen molar-refractivity contribution in [2.75, 3.05) is 32.9 Å². The van der Waals surface area contributed by atoms with E-state index in [1.807, 2.05) is 0 Å². The Balaban J connectivity index is 1.88. The van der Waals surface area contributed by atoms with Gasteiger partial charge in [-0.3, -0.25) is 9.69 Å². The molecular weight excluding hydrogens is 242 g/mol. The summed E-state index contributed by atoms with van der Waals surface area (Å²) in [6.07, 6.45) is 4.98. The first-order valence-corrected chi connectivity index (χ1v) is 7.64. The van der Waals surface area contributed by atoms with Gasteiger partial charge in [-0.2, -0.15) is 0 Å². The van der Waals surface area contributed by atoms with E-state index in [2.05, 4.69) is 18.7 Å². The molecule has 2 saturated heterocycles. The van der Waals surface area contributed by atoms with Crippen molar-refractivity contribution in [2.24, 2.45) is 0 Å². The Bertz CT molecular complexity index is 296. The Morgan fingerprint density at radius 1 is 1.32 bits per heavy atom. The normalized spacial score (nSPS) is 28.2. The number of Topliss-reactive ketones (excluding diaryl/α,β-unsaturated/α-hetero) is 1. The van der Waals surface area contributed by atoms with Gasteiger partial charge in [0.1, 0.15) is 0 Å². The van der Waals surface area contributed by atoms with Crippen LogP contribution in [-0.2, 0) is 14.3 Å². The number of nitrogens with zero attached hydrogens (tertiary/aromatic N) is 1. The predicted molar refractivity (Wildman–Crippen MR) is 74.3 cm³/mol. The number of morpholine rings is 1. The van der Waals surface area contributed by atoms with Gasteiger partial charge in [-0.1, -0.05) is 6.92 Å². The van der Waals surface area contributed by atoms with Crippen LogP contribution in [0, 0.1) is 0 Å². The highest BCUT2D eigenvalue weighted by Crippen LogP contribution is 2.26. The summed E-state index contributed by atoms with van der Waals surface area (Å²) in [7, 11) is 0. The van der Waals surface area contributed by atoms with Gasteiger partial charge in [0.15, 0.2) is 5.78 Å². The average molecular weight is 269 g/mol. The number of hydrogen-bond acceptors (Lipinski definition) is 4. The predicted octanol–water partition coefficient (Wildman–Crippen LogP) is 2.02. The second kappa shape index (κ2) is 6.82. The summed E-state index contributed by atoms with van der Waals surface area (Å²) in [4.78, 5) is 14.9. The lowest BCUT2D eigenvalue weighted by Crippen LogP contribution is -2.56. The van der Waals surface area contributed by atoms with Crippen molar-refractivity contribution in [1.29, 1.82) is 0 Å². The van der Waals surface area contributed by atoms with E-state index < -0.39 is 0 Å². The molecule has 4 heteroatoms. The van der Waals surface area contributed by atoms with Gasteiger partial charge in [-0.05, 0) is 32.6 Å². The summed E-state index contributed by atoms with van der Waals surface area (Å²) in [6.45, 7) is 8.30. The lowest BCUT2D eigenvalue weighted by atomic mass is 9.87. The fraction of sp³-hybridized carbons (Fsp3) is 0.933. The maximum atomic E-state index is 12.6. The molecule has 0 amide bonds. The number of carbonyl (C=O) groups excluding carboxylic acids is 1. The topological polar surface area (TPSA) is 38.8 Å². The van der Waals surface area contributed by atoms with E-state index in [4.69, 9.17) is 9.47 Å². The van der Waals surface area contributed by atoms with Crippen molar-refractivity contribution in [3.8, 4) is 0 Å². The fourth-order valence-corrected chi connectivity index (χ4v) is 3.09. The molecule has 0 aliphatic carbocycles. The highest BCUT2D eigenvalue weighted by atomic mass is 16.5. The van der Waals surface area contributed by atoms with Gasteiger partial charge in [-0.15, -0.1) is 0 Å². The summed E-state index contributed by atoms with van der Waals surface area (Å²) in [5, 5.41) is 0. The minimum absolute atomic E-state index is 0.315. The Kier molecular flexibility index (Phi) is 5.37. The number of hydrogen-bond donors (Lipinski definition) is 0. The molecule has 2 fully saturated rings. The van der Waals surface area contributed by atoms with E-state index in [0.717, 1.165) is 58.6 Å². The summed E-state index contributed by atoms with van der Waals surface area (Å²) in [6, 6.07) is 0. The van der Waals surface area contributed by atoms with Crippen molar-refractivity contribution in [2.45, 2.75) is 57.6 Å². The second-order valence-corrected chi connectivity index (χ2v) is 5.82. The highest BCUT2D eigenvalue weighted by Gasteiger charge is 2.38. The minimum Gasteiger partial charge on any atom is -0.379 e. The standard InChI is InChI=1S/C15H27NO3/c1-3-15(2,16-8-11-18-12-9-16)14(17)7-6-13-5-4-10-19-13/h13H,3-12H2,1-2H3. The van der Waals surface area contributed by atoms with E-state index in [1.165, 1.54) is 0 Å². The van der Waals surface area contributed by atoms with E-state index in [0.29, 0.717) is 18.3 Å². The molecule has 0 N–H and O–H groups in total. The maximum Gasteiger partial charge on any atom is 0.152 e. The molecule has 2 rings (SSSR count). The van der Waals surface area contributed by atoms with Crippen LogP contribution in [0.1, 0.15) is 46.0 Å². The van der Waals surface area contributed by atoms with E-state index in [9.17, 15) is 4.79 Å². The van der Waals surface area contributed by atoms with Gasteiger partial charge < -0.3 is 9.47 Å². The van der Waals surface area contributed by atoms with Gasteiger partial charge in [0, 0.05) is 26.1 Å². The van der Waals surface area contributed by atoms with Crippen LogP contribution < -0.4 is 0 Å². The van der Waals surface area contributed by atoms with Crippen molar-refractivity contribution >= 4 is 5.78 Å². The van der Waals surface area contributed by atoms with Crippen molar-refractivity contribution in [3.63, 3.8) is 0 Å². The minimum atomic E-state index is -0.317. The molecule has 0 aromatic rings. The molecule has 110 valence electrons.